The van der Waals surface area contributed by atoms with Gasteiger partial charge in [-0.1, -0.05) is 35.3 Å². The number of carbonyl (C=O) groups excluding carboxylic acids is 5. The van der Waals surface area contributed by atoms with E-state index in [0.29, 0.717) is 55.8 Å². The Labute approximate surface area is 455 Å². The second-order valence-electron chi connectivity index (χ2n) is 16.9. The fraction of sp³-hybridized carbons (Fsp3) is 0.208. The molecule has 0 unspecified atom stereocenters. The maximum atomic E-state index is 14.4. The number of anilines is 6. The number of carboxylic acids is 1. The summed E-state index contributed by atoms with van der Waals surface area (Å²) in [6.45, 7) is -0.734. The van der Waals surface area contributed by atoms with Crippen molar-refractivity contribution in [1.82, 2.24) is 60.1 Å². The molecule has 2 aliphatic heterocycles. The minimum atomic E-state index is -1.38. The van der Waals surface area contributed by atoms with Gasteiger partial charge in [0, 0.05) is 53.9 Å². The van der Waals surface area contributed by atoms with Gasteiger partial charge in [0.15, 0.2) is 23.0 Å². The number of amides is 5. The van der Waals surface area contributed by atoms with Gasteiger partial charge in [-0.2, -0.15) is 20.4 Å². The van der Waals surface area contributed by atoms with Gasteiger partial charge in [-0.05, 0) is 84.9 Å². The van der Waals surface area contributed by atoms with Crippen molar-refractivity contribution < 1.29 is 42.7 Å². The van der Waals surface area contributed by atoms with Gasteiger partial charge >= 0.3 is 5.97 Å². The smallest absolute Gasteiger partial charge is 0.325 e. The number of rotatable bonds is 14. The highest BCUT2D eigenvalue weighted by Crippen LogP contribution is 2.28. The lowest BCUT2D eigenvalue weighted by molar-refractivity contribution is -0.138. The summed E-state index contributed by atoms with van der Waals surface area (Å²) >= 11 is 11.5. The Morgan fingerprint density at radius 3 is 1.60 bits per heavy atom. The van der Waals surface area contributed by atoms with Gasteiger partial charge in [0.2, 0.25) is 17.7 Å². The van der Waals surface area contributed by atoms with Gasteiger partial charge in [-0.3, -0.25) is 38.1 Å². The first-order chi connectivity index (χ1) is 37.0. The van der Waals surface area contributed by atoms with Crippen molar-refractivity contribution in [3.05, 3.63) is 131 Å². The van der Waals surface area contributed by atoms with Crippen molar-refractivity contribution in [3.63, 3.8) is 0 Å². The monoisotopic (exact) mass is 1130 g/mol. The van der Waals surface area contributed by atoms with Crippen LogP contribution in [0.2, 0.25) is 10.3 Å². The third-order valence-electron chi connectivity index (χ3n) is 11.4. The number of hydrogen-bond donors (Lipinski definition) is 8. The van der Waals surface area contributed by atoms with Crippen molar-refractivity contribution in [3.8, 4) is 0 Å². The van der Waals surface area contributed by atoms with Crippen molar-refractivity contribution in [2.24, 2.45) is 11.5 Å². The van der Waals surface area contributed by atoms with Crippen molar-refractivity contribution in [2.75, 3.05) is 34.4 Å². The minimum absolute atomic E-state index is 0. The first-order valence-corrected chi connectivity index (χ1v) is 23.8. The van der Waals surface area contributed by atoms with Crippen molar-refractivity contribution in [1.29, 1.82) is 0 Å². The van der Waals surface area contributed by atoms with Crippen LogP contribution < -0.4 is 38.1 Å². The van der Waals surface area contributed by atoms with Crippen LogP contribution in [0.4, 0.5) is 43.4 Å². The lowest BCUT2D eigenvalue weighted by Gasteiger charge is -2.23. The molecule has 2 saturated heterocycles. The molecule has 404 valence electrons. The fourth-order valence-corrected chi connectivity index (χ4v) is 8.41. The highest BCUT2D eigenvalue weighted by atomic mass is 35.5. The number of carboxylic acid groups (broad SMARTS) is 1. The van der Waals surface area contributed by atoms with Crippen LogP contribution in [0.15, 0.2) is 109 Å². The molecule has 2 aromatic carbocycles. The van der Waals surface area contributed by atoms with E-state index >= 15 is 0 Å². The van der Waals surface area contributed by atoms with Crippen LogP contribution in [0.3, 0.4) is 0 Å². The molecule has 8 heterocycles. The Bertz CT molecular complexity index is 3490. The molecule has 0 bridgehead atoms. The Hall–Kier alpha value is -9.05. The first-order valence-electron chi connectivity index (χ1n) is 23.1. The summed E-state index contributed by atoms with van der Waals surface area (Å²) in [6, 6.07) is 25.0. The maximum absolute atomic E-state index is 14.4. The highest BCUT2D eigenvalue weighted by Gasteiger charge is 2.40. The molecule has 78 heavy (non-hydrogen) atoms. The SMILES string of the molecule is Cl.NC(=O)c1nn(CC(=O)N2C[C@H](F)C[C@H]2C(=O)Nc2cccc(Cl)n2)c2ccc(Nc3cccnn3)cc12.NC(=O)c1nn(CC(=O)O)c2ccc(Nc3cccnn3)cc12.O=C(Nc1cccc(Cl)n1)[C@@H]1C[C@@H](F)CN1. The molecule has 2 aliphatic rings. The molecule has 10 rings (SSSR count). The second-order valence-corrected chi connectivity index (χ2v) is 17.7. The number of likely N-dealkylation sites (tertiary alicyclic amines) is 1. The van der Waals surface area contributed by atoms with Crippen LogP contribution in [0.25, 0.3) is 21.8 Å². The number of nitrogens with two attached hydrogens (primary N) is 2. The van der Waals surface area contributed by atoms with Crippen LogP contribution in [0, 0.1) is 0 Å². The predicted octanol–water partition coefficient (Wildman–Crippen LogP) is 4.84. The Balaban J connectivity index is 0.000000187. The quantitative estimate of drug-likeness (QED) is 0.0675. The Morgan fingerprint density at radius 2 is 1.15 bits per heavy atom. The topological polar surface area (TPSA) is 351 Å². The zero-order valence-corrected chi connectivity index (χ0v) is 42.7. The summed E-state index contributed by atoms with van der Waals surface area (Å²) in [5.74, 6) is -2.41. The molecule has 10 N–H and O–H groups in total. The number of pyridine rings is 2. The number of aliphatic carboxylic acids is 1. The molecule has 2 fully saturated rings. The third-order valence-corrected chi connectivity index (χ3v) is 11.8. The van der Waals surface area contributed by atoms with Gasteiger partial charge in [-0.25, -0.2) is 18.7 Å². The van der Waals surface area contributed by atoms with Crippen LogP contribution in [-0.2, 0) is 32.3 Å². The number of nitrogens with one attached hydrogen (secondary N) is 5. The highest BCUT2D eigenvalue weighted by molar-refractivity contribution is 6.29. The molecule has 0 saturated carbocycles. The average Bonchev–Trinajstić information content (AvgIpc) is 4.31. The number of primary amides is 2. The molecule has 0 radical (unpaired) electrons. The lowest BCUT2D eigenvalue weighted by atomic mass is 10.1. The average molecular weight is 1130 g/mol. The van der Waals surface area contributed by atoms with E-state index in [9.17, 15) is 37.5 Å². The fourth-order valence-electron chi connectivity index (χ4n) is 8.08. The number of halogens is 5. The van der Waals surface area contributed by atoms with Gasteiger partial charge in [0.25, 0.3) is 11.8 Å². The maximum Gasteiger partial charge on any atom is 0.325 e. The van der Waals surface area contributed by atoms with Gasteiger partial charge in [-0.15, -0.1) is 22.6 Å². The van der Waals surface area contributed by atoms with E-state index in [-0.39, 0.29) is 79.7 Å². The third kappa shape index (κ3) is 14.5. The minimum Gasteiger partial charge on any atom is -0.480 e. The van der Waals surface area contributed by atoms with E-state index in [0.717, 1.165) is 4.90 Å². The molecule has 0 aliphatic carbocycles. The van der Waals surface area contributed by atoms with Gasteiger partial charge in [0.1, 0.15) is 53.4 Å². The number of alkyl halides is 2. The number of aromatic nitrogens is 10. The van der Waals surface area contributed by atoms with Gasteiger partial charge in [0.05, 0.1) is 23.6 Å². The molecular formula is C48H45Cl3F2N18O7. The zero-order chi connectivity index (χ0) is 54.8. The van der Waals surface area contributed by atoms with Crippen LogP contribution in [0.5, 0.6) is 0 Å². The number of carbonyl (C=O) groups is 6. The van der Waals surface area contributed by atoms with Crippen molar-refractivity contribution in [2.45, 2.75) is 50.4 Å². The molecule has 0 spiro atoms. The van der Waals surface area contributed by atoms with Crippen molar-refractivity contribution >= 4 is 128 Å². The van der Waals surface area contributed by atoms with E-state index in [1.807, 2.05) is 0 Å². The number of hydrogen-bond acceptors (Lipinski definition) is 17. The number of benzene rings is 2. The zero-order valence-electron chi connectivity index (χ0n) is 40.3. The number of fused-ring (bicyclic) bond motifs is 2. The molecule has 5 amide bonds. The lowest BCUT2D eigenvalue weighted by Crippen LogP contribution is -2.44. The van der Waals surface area contributed by atoms with Crippen LogP contribution in [-0.4, -0.2) is 133 Å². The Morgan fingerprint density at radius 1 is 0.654 bits per heavy atom. The standard InChI is InChI=1S/C24H21ClFN9O3.C14H12N6O3.C10H11ClFN3O.ClH/c25-18-3-1-4-19(30-18)31-24(38)17-9-13(26)11-34(17)21(36)12-35-16-7-6-14(29-20-5-2-8-28-32-20)10-15(16)22(33-35)23(27)37;15-14(23)13-9-6-8(17-11-2-1-5-16-18-11)3-4-10(9)20(19-13)7-12(21)22;11-8-2-1-3-9(14-8)15-10(16)7-4-6(12)5-13-7;/h1-8,10,13,17H,9,11-12H2,(H2,27,37)(H,29,32)(H,30,31,38);1-6H,7H2,(H2,15,23)(H,17,18)(H,21,22);1-3,6-7,13H,4-5H2,(H,14,15,16);1H/t13-,17+;;6-,7+;/m1.1./s1. The summed E-state index contributed by atoms with van der Waals surface area (Å²) in [7, 11) is 0. The van der Waals surface area contributed by atoms with E-state index in [1.54, 1.807) is 97.2 Å². The predicted molar refractivity (Wildman–Crippen MR) is 284 cm³/mol. The summed E-state index contributed by atoms with van der Waals surface area (Å²) in [5, 5.41) is 48.0. The first kappa shape index (κ1) is 56.7. The summed E-state index contributed by atoms with van der Waals surface area (Å²) < 4.78 is 29.8. The summed E-state index contributed by atoms with van der Waals surface area (Å²) in [4.78, 5) is 81.4. The number of nitrogens with zero attached hydrogens (tertiary/aromatic N) is 11. The van der Waals surface area contributed by atoms with E-state index in [1.165, 1.54) is 21.6 Å². The van der Waals surface area contributed by atoms with E-state index < -0.39 is 54.0 Å². The normalized spacial score (nSPS) is 16.4. The second kappa shape index (κ2) is 25.7. The largest absolute Gasteiger partial charge is 0.480 e. The van der Waals surface area contributed by atoms with E-state index in [4.69, 9.17) is 39.8 Å². The molecule has 6 aromatic heterocycles. The molecule has 8 aromatic rings. The Kier molecular flexibility index (Phi) is 18.6. The van der Waals surface area contributed by atoms with Crippen LogP contribution in [0.1, 0.15) is 33.8 Å². The van der Waals surface area contributed by atoms with E-state index in [2.05, 4.69) is 67.1 Å². The summed E-state index contributed by atoms with van der Waals surface area (Å²) in [5.41, 5.74) is 13.0. The van der Waals surface area contributed by atoms with Gasteiger partial charge < -0.3 is 48.1 Å². The summed E-state index contributed by atoms with van der Waals surface area (Å²) in [6.07, 6.45) is 0.786. The molecule has 30 heteroatoms. The molecular weight excluding hydrogens is 1090 g/mol. The van der Waals surface area contributed by atoms with Crippen LogP contribution >= 0.6 is 35.6 Å². The molecule has 4 atom stereocenters. The molecule has 25 nitrogen and oxygen atoms in total.